The number of nitrogens with one attached hydrogen (secondary N) is 1. The monoisotopic (exact) mass is 335 g/mol. The van der Waals surface area contributed by atoms with Gasteiger partial charge < -0.3 is 14.6 Å². The number of aromatic nitrogens is 2. The number of rotatable bonds is 5. The lowest BCUT2D eigenvalue weighted by molar-refractivity contribution is 0.271. The highest BCUT2D eigenvalue weighted by Crippen LogP contribution is 2.26. The predicted octanol–water partition coefficient (Wildman–Crippen LogP) is 4.27. The van der Waals surface area contributed by atoms with Crippen molar-refractivity contribution in [1.82, 2.24) is 14.9 Å². The van der Waals surface area contributed by atoms with Crippen LogP contribution in [0.5, 0.6) is 5.88 Å². The Bertz CT molecular complexity index is 853. The number of hydrogen-bond donors (Lipinski definition) is 1. The largest absolute Gasteiger partial charge is 0.481 e. The fourth-order valence-electron chi connectivity index (χ4n) is 3.77. The van der Waals surface area contributed by atoms with Gasteiger partial charge >= 0.3 is 0 Å². The van der Waals surface area contributed by atoms with E-state index < -0.39 is 0 Å². The van der Waals surface area contributed by atoms with Crippen LogP contribution in [0, 0.1) is 0 Å². The first-order valence-corrected chi connectivity index (χ1v) is 9.09. The molecule has 4 rings (SSSR count). The van der Waals surface area contributed by atoms with E-state index in [4.69, 9.17) is 4.74 Å². The molecule has 1 aromatic carbocycles. The lowest BCUT2D eigenvalue weighted by Gasteiger charge is -2.20. The molecule has 0 amide bonds. The van der Waals surface area contributed by atoms with E-state index in [1.165, 1.54) is 41.5 Å². The summed E-state index contributed by atoms with van der Waals surface area (Å²) in [5.74, 6) is 0.643. The number of pyridine rings is 1. The zero-order valence-corrected chi connectivity index (χ0v) is 15.0. The van der Waals surface area contributed by atoms with E-state index in [9.17, 15) is 0 Å². The van der Waals surface area contributed by atoms with E-state index in [1.807, 2.05) is 12.3 Å². The summed E-state index contributed by atoms with van der Waals surface area (Å²) < 4.78 is 5.14. The van der Waals surface area contributed by atoms with Gasteiger partial charge in [0.1, 0.15) is 0 Å². The van der Waals surface area contributed by atoms with Gasteiger partial charge in [-0.2, -0.15) is 0 Å². The molecule has 0 bridgehead atoms. The fourth-order valence-corrected chi connectivity index (χ4v) is 3.77. The summed E-state index contributed by atoms with van der Waals surface area (Å²) in [5, 5.41) is 1.26. The molecule has 0 spiro atoms. The van der Waals surface area contributed by atoms with E-state index in [0.717, 1.165) is 24.6 Å². The van der Waals surface area contributed by atoms with Crippen LogP contribution in [0.3, 0.4) is 0 Å². The summed E-state index contributed by atoms with van der Waals surface area (Å²) >= 11 is 0. The molecule has 1 saturated heterocycles. The minimum absolute atomic E-state index is 0.643. The van der Waals surface area contributed by atoms with Gasteiger partial charge in [0.05, 0.1) is 7.11 Å². The Morgan fingerprint density at radius 2 is 2.08 bits per heavy atom. The van der Waals surface area contributed by atoms with Crippen LogP contribution in [-0.4, -0.2) is 41.1 Å². The molecule has 3 aromatic rings. The van der Waals surface area contributed by atoms with Crippen LogP contribution in [0.4, 0.5) is 0 Å². The number of hydrogen-bond acceptors (Lipinski definition) is 3. The highest BCUT2D eigenvalue weighted by Gasteiger charge is 2.19. The molecular weight excluding hydrogens is 310 g/mol. The summed E-state index contributed by atoms with van der Waals surface area (Å²) in [6.07, 6.45) is 5.62. The quantitative estimate of drug-likeness (QED) is 0.757. The average Bonchev–Trinajstić information content (AvgIpc) is 3.24. The van der Waals surface area contributed by atoms with Gasteiger partial charge in [-0.1, -0.05) is 6.07 Å². The number of ether oxygens (including phenoxy) is 1. The molecule has 25 heavy (non-hydrogen) atoms. The van der Waals surface area contributed by atoms with Crippen molar-refractivity contribution in [3.05, 3.63) is 48.3 Å². The maximum Gasteiger partial charge on any atom is 0.212 e. The van der Waals surface area contributed by atoms with Crippen LogP contribution in [0.15, 0.2) is 42.6 Å². The van der Waals surface area contributed by atoms with Crippen molar-refractivity contribution in [2.75, 3.05) is 20.2 Å². The van der Waals surface area contributed by atoms with Crippen LogP contribution in [0.1, 0.15) is 25.5 Å². The predicted molar refractivity (Wildman–Crippen MR) is 102 cm³/mol. The first-order chi connectivity index (χ1) is 12.2. The summed E-state index contributed by atoms with van der Waals surface area (Å²) in [4.78, 5) is 10.5. The first kappa shape index (κ1) is 16.2. The van der Waals surface area contributed by atoms with Crippen molar-refractivity contribution in [2.45, 2.75) is 32.2 Å². The fraction of sp³-hybridized carbons (Fsp3) is 0.381. The lowest BCUT2D eigenvalue weighted by atomic mass is 10.1. The van der Waals surface area contributed by atoms with E-state index in [1.54, 1.807) is 7.11 Å². The molecule has 2 aromatic heterocycles. The molecule has 1 aliphatic heterocycles. The molecular formula is C21H25N3O. The summed E-state index contributed by atoms with van der Waals surface area (Å²) in [6.45, 7) is 4.73. The Kier molecular flexibility index (Phi) is 4.45. The third kappa shape index (κ3) is 3.40. The molecule has 1 unspecified atom stereocenters. The second-order valence-corrected chi connectivity index (χ2v) is 6.96. The Morgan fingerprint density at radius 3 is 2.80 bits per heavy atom. The summed E-state index contributed by atoms with van der Waals surface area (Å²) in [5.41, 5.74) is 4.81. The second-order valence-electron chi connectivity index (χ2n) is 6.96. The van der Waals surface area contributed by atoms with Gasteiger partial charge in [0.15, 0.2) is 0 Å². The van der Waals surface area contributed by atoms with Crippen molar-refractivity contribution in [3.63, 3.8) is 0 Å². The van der Waals surface area contributed by atoms with Gasteiger partial charge in [-0.15, -0.1) is 0 Å². The zero-order valence-electron chi connectivity index (χ0n) is 15.0. The molecule has 0 saturated carbocycles. The van der Waals surface area contributed by atoms with Crippen molar-refractivity contribution >= 4 is 10.9 Å². The highest BCUT2D eigenvalue weighted by molar-refractivity contribution is 5.85. The third-order valence-corrected chi connectivity index (χ3v) is 5.31. The number of methoxy groups -OCH3 is 1. The number of H-pyrrole nitrogens is 1. The van der Waals surface area contributed by atoms with Gasteiger partial charge in [-0.05, 0) is 56.1 Å². The lowest BCUT2D eigenvalue weighted by Crippen LogP contribution is -2.29. The van der Waals surface area contributed by atoms with E-state index >= 15 is 0 Å². The van der Waals surface area contributed by atoms with E-state index in [0.29, 0.717) is 5.88 Å². The zero-order chi connectivity index (χ0) is 17.2. The molecule has 1 aliphatic rings. The topological polar surface area (TPSA) is 41.1 Å². The van der Waals surface area contributed by atoms with Gasteiger partial charge in [0, 0.05) is 53.4 Å². The number of benzene rings is 1. The Labute approximate surface area is 148 Å². The Hall–Kier alpha value is -2.33. The number of nitrogens with zero attached hydrogens (tertiary/aromatic N) is 2. The Balaban J connectivity index is 1.52. The van der Waals surface area contributed by atoms with Crippen molar-refractivity contribution in [1.29, 1.82) is 0 Å². The molecule has 4 nitrogen and oxygen atoms in total. The molecule has 0 aliphatic carbocycles. The van der Waals surface area contributed by atoms with Crippen LogP contribution >= 0.6 is 0 Å². The van der Waals surface area contributed by atoms with Crippen LogP contribution in [0.2, 0.25) is 0 Å². The standard InChI is InChI=1S/C21H25N3O/c1-15-4-3-10-24(15)11-9-19-13-18-12-16(5-7-20(18)23-19)17-6-8-21(25-2)22-14-17/h5-8,12-15,23H,3-4,9-11H2,1-2H3. The molecule has 1 atom stereocenters. The Morgan fingerprint density at radius 1 is 1.20 bits per heavy atom. The van der Waals surface area contributed by atoms with Crippen molar-refractivity contribution in [2.24, 2.45) is 0 Å². The van der Waals surface area contributed by atoms with E-state index in [2.05, 4.69) is 52.1 Å². The van der Waals surface area contributed by atoms with Gasteiger partial charge in [-0.3, -0.25) is 0 Å². The molecule has 130 valence electrons. The third-order valence-electron chi connectivity index (χ3n) is 5.31. The highest BCUT2D eigenvalue weighted by atomic mass is 16.5. The SMILES string of the molecule is COc1ccc(-c2ccc3[nH]c(CCN4CCCC4C)cc3c2)cn1. The van der Waals surface area contributed by atoms with Crippen LogP contribution in [-0.2, 0) is 6.42 Å². The summed E-state index contributed by atoms with van der Waals surface area (Å²) in [7, 11) is 1.64. The minimum atomic E-state index is 0.643. The molecule has 1 fully saturated rings. The van der Waals surface area contributed by atoms with Crippen LogP contribution in [0.25, 0.3) is 22.0 Å². The van der Waals surface area contributed by atoms with Gasteiger partial charge in [-0.25, -0.2) is 4.98 Å². The normalized spacial score (nSPS) is 18.1. The smallest absolute Gasteiger partial charge is 0.212 e. The van der Waals surface area contributed by atoms with Gasteiger partial charge in [0.25, 0.3) is 0 Å². The number of aromatic amines is 1. The summed E-state index contributed by atoms with van der Waals surface area (Å²) in [6, 6.07) is 13.5. The van der Waals surface area contributed by atoms with Crippen molar-refractivity contribution < 1.29 is 4.74 Å². The van der Waals surface area contributed by atoms with Crippen LogP contribution < -0.4 is 4.74 Å². The molecule has 3 heterocycles. The van der Waals surface area contributed by atoms with Crippen molar-refractivity contribution in [3.8, 4) is 17.0 Å². The maximum atomic E-state index is 5.14. The van der Waals surface area contributed by atoms with Gasteiger partial charge in [0.2, 0.25) is 5.88 Å². The first-order valence-electron chi connectivity index (χ1n) is 9.09. The van der Waals surface area contributed by atoms with E-state index in [-0.39, 0.29) is 0 Å². The average molecular weight is 335 g/mol. The second kappa shape index (κ2) is 6.89. The minimum Gasteiger partial charge on any atom is -0.481 e. The molecule has 0 radical (unpaired) electrons. The number of likely N-dealkylation sites (tertiary alicyclic amines) is 1. The number of fused-ring (bicyclic) bond motifs is 1. The maximum absolute atomic E-state index is 5.14. The molecule has 4 heteroatoms. The molecule has 1 N–H and O–H groups in total.